The number of allylic oxidation sites excluding steroid dienone is 1. The van der Waals surface area contributed by atoms with Crippen LogP contribution < -0.4 is 0 Å². The minimum Gasteiger partial charge on any atom is -0.478 e. The maximum atomic E-state index is 13.4. The molecule has 0 saturated heterocycles. The average Bonchev–Trinajstić information content (AvgIpc) is 2.28. The van der Waals surface area contributed by atoms with Crippen LogP contribution in [0.5, 0.6) is 0 Å². The zero-order valence-corrected chi connectivity index (χ0v) is 10.6. The Morgan fingerprint density at radius 3 is 2.83 bits per heavy atom. The van der Waals surface area contributed by atoms with Gasteiger partial charge in [0.25, 0.3) is 0 Å². The lowest BCUT2D eigenvalue weighted by Gasteiger charge is -2.37. The fourth-order valence-corrected chi connectivity index (χ4v) is 2.86. The minimum absolute atomic E-state index is 0.323. The van der Waals surface area contributed by atoms with E-state index < -0.39 is 11.4 Å². The third kappa shape index (κ3) is 2.17. The summed E-state index contributed by atoms with van der Waals surface area (Å²) in [6, 6.07) is 6.25. The van der Waals surface area contributed by atoms with E-state index in [1.54, 1.807) is 18.2 Å². The Morgan fingerprint density at radius 1 is 1.50 bits per heavy atom. The lowest BCUT2D eigenvalue weighted by molar-refractivity contribution is -0.133. The zero-order valence-electron chi connectivity index (χ0n) is 10.6. The van der Waals surface area contributed by atoms with E-state index in [9.17, 15) is 14.3 Å². The van der Waals surface area contributed by atoms with E-state index in [1.165, 1.54) is 12.1 Å². The SMILES string of the molecule is CC1CC=C(C(=O)O)C(C)(c2cccc(F)c2)C1. The van der Waals surface area contributed by atoms with Gasteiger partial charge in [-0.1, -0.05) is 32.1 Å². The topological polar surface area (TPSA) is 37.3 Å². The highest BCUT2D eigenvalue weighted by Crippen LogP contribution is 2.42. The predicted molar refractivity (Wildman–Crippen MR) is 67.9 cm³/mol. The van der Waals surface area contributed by atoms with Crippen LogP contribution in [-0.2, 0) is 10.2 Å². The number of aliphatic carboxylic acids is 1. The Kier molecular flexibility index (Phi) is 3.24. The van der Waals surface area contributed by atoms with E-state index in [1.807, 2.05) is 6.92 Å². The van der Waals surface area contributed by atoms with E-state index in [0.717, 1.165) is 18.4 Å². The van der Waals surface area contributed by atoms with Gasteiger partial charge in [-0.15, -0.1) is 0 Å². The molecule has 18 heavy (non-hydrogen) atoms. The molecule has 2 nitrogen and oxygen atoms in total. The van der Waals surface area contributed by atoms with Crippen LogP contribution in [0.4, 0.5) is 4.39 Å². The Labute approximate surface area is 106 Å². The number of hydrogen-bond donors (Lipinski definition) is 1. The quantitative estimate of drug-likeness (QED) is 0.869. The highest BCUT2D eigenvalue weighted by atomic mass is 19.1. The molecule has 1 aromatic rings. The molecule has 0 amide bonds. The summed E-state index contributed by atoms with van der Waals surface area (Å²) in [7, 11) is 0. The fraction of sp³-hybridized carbons (Fsp3) is 0.400. The first-order valence-corrected chi connectivity index (χ1v) is 6.13. The van der Waals surface area contributed by atoms with Gasteiger partial charge in [-0.3, -0.25) is 0 Å². The van der Waals surface area contributed by atoms with Crippen LogP contribution in [0.25, 0.3) is 0 Å². The number of carboxylic acid groups (broad SMARTS) is 1. The van der Waals surface area contributed by atoms with Gasteiger partial charge in [0.2, 0.25) is 0 Å². The molecule has 3 heteroatoms. The molecule has 1 aliphatic rings. The molecule has 1 N–H and O–H groups in total. The summed E-state index contributed by atoms with van der Waals surface area (Å²) in [4.78, 5) is 11.4. The second kappa shape index (κ2) is 4.56. The third-order valence-corrected chi connectivity index (χ3v) is 3.77. The molecule has 0 aliphatic heterocycles. The van der Waals surface area contributed by atoms with Gasteiger partial charge >= 0.3 is 5.97 Å². The summed E-state index contributed by atoms with van der Waals surface area (Å²) in [5, 5.41) is 9.33. The summed E-state index contributed by atoms with van der Waals surface area (Å²) < 4.78 is 13.4. The molecular weight excluding hydrogens is 231 g/mol. The highest BCUT2D eigenvalue weighted by Gasteiger charge is 2.38. The van der Waals surface area contributed by atoms with Crippen LogP contribution >= 0.6 is 0 Å². The van der Waals surface area contributed by atoms with Gasteiger partial charge in [0, 0.05) is 11.0 Å². The van der Waals surface area contributed by atoms with Crippen LogP contribution in [0.3, 0.4) is 0 Å². The van der Waals surface area contributed by atoms with E-state index >= 15 is 0 Å². The first-order valence-electron chi connectivity index (χ1n) is 6.13. The summed E-state index contributed by atoms with van der Waals surface area (Å²) in [5.41, 5.74) is 0.514. The summed E-state index contributed by atoms with van der Waals surface area (Å²) in [5.74, 6) is -0.827. The lowest BCUT2D eigenvalue weighted by Crippen LogP contribution is -2.34. The van der Waals surface area contributed by atoms with E-state index in [-0.39, 0.29) is 5.82 Å². The standard InChI is InChI=1S/C15H17FO2/c1-10-6-7-13(14(17)18)15(2,9-10)11-4-3-5-12(16)8-11/h3-5,7-8,10H,6,9H2,1-2H3,(H,17,18). The van der Waals surface area contributed by atoms with Crippen LogP contribution in [0.1, 0.15) is 32.3 Å². The number of benzene rings is 1. The van der Waals surface area contributed by atoms with Gasteiger partial charge in [-0.25, -0.2) is 9.18 Å². The molecule has 2 unspecified atom stereocenters. The molecule has 0 saturated carbocycles. The molecule has 0 bridgehead atoms. The van der Waals surface area contributed by atoms with Crippen LogP contribution in [0.15, 0.2) is 35.9 Å². The van der Waals surface area contributed by atoms with Crippen LogP contribution in [0.2, 0.25) is 0 Å². The maximum Gasteiger partial charge on any atom is 0.332 e. The van der Waals surface area contributed by atoms with Gasteiger partial charge in [-0.05, 0) is 36.5 Å². The van der Waals surface area contributed by atoms with Gasteiger partial charge in [0.1, 0.15) is 5.82 Å². The largest absolute Gasteiger partial charge is 0.478 e. The maximum absolute atomic E-state index is 13.4. The van der Waals surface area contributed by atoms with Crippen LogP contribution in [-0.4, -0.2) is 11.1 Å². The highest BCUT2D eigenvalue weighted by molar-refractivity contribution is 5.90. The van der Waals surface area contributed by atoms with Gasteiger partial charge in [0.15, 0.2) is 0 Å². The van der Waals surface area contributed by atoms with E-state index in [4.69, 9.17) is 0 Å². The van der Waals surface area contributed by atoms with Crippen molar-refractivity contribution >= 4 is 5.97 Å². The molecule has 96 valence electrons. The van der Waals surface area contributed by atoms with Gasteiger partial charge in [0.05, 0.1) is 0 Å². The molecular formula is C15H17FO2. The minimum atomic E-state index is -0.909. The van der Waals surface area contributed by atoms with E-state index in [2.05, 4.69) is 6.92 Å². The van der Waals surface area contributed by atoms with Crippen molar-refractivity contribution in [2.75, 3.05) is 0 Å². The zero-order chi connectivity index (χ0) is 13.3. The number of hydrogen-bond acceptors (Lipinski definition) is 1. The molecule has 1 aliphatic carbocycles. The second-order valence-corrected chi connectivity index (χ2v) is 5.31. The van der Waals surface area contributed by atoms with Crippen molar-refractivity contribution in [2.45, 2.75) is 32.1 Å². The van der Waals surface area contributed by atoms with Crippen molar-refractivity contribution in [2.24, 2.45) is 5.92 Å². The average molecular weight is 248 g/mol. The molecule has 1 aromatic carbocycles. The normalized spacial score (nSPS) is 27.7. The summed E-state index contributed by atoms with van der Waals surface area (Å²) >= 11 is 0. The molecule has 2 rings (SSSR count). The Hall–Kier alpha value is -1.64. The number of carboxylic acids is 1. The summed E-state index contributed by atoms with van der Waals surface area (Å²) in [6.45, 7) is 3.98. The fourth-order valence-electron chi connectivity index (χ4n) is 2.86. The number of carbonyl (C=O) groups is 1. The first-order chi connectivity index (χ1) is 8.43. The monoisotopic (exact) mass is 248 g/mol. The van der Waals surface area contributed by atoms with Crippen molar-refractivity contribution in [1.82, 2.24) is 0 Å². The molecule has 0 aromatic heterocycles. The van der Waals surface area contributed by atoms with Gasteiger partial charge < -0.3 is 5.11 Å². The second-order valence-electron chi connectivity index (χ2n) is 5.31. The summed E-state index contributed by atoms with van der Waals surface area (Å²) in [6.07, 6.45) is 3.28. The Balaban J connectivity index is 2.52. The Bertz CT molecular complexity index is 507. The van der Waals surface area contributed by atoms with Crippen molar-refractivity contribution in [1.29, 1.82) is 0 Å². The number of halogens is 1. The predicted octanol–water partition coefficient (Wildman–Crippen LogP) is 3.52. The lowest BCUT2D eigenvalue weighted by atomic mass is 9.66. The number of rotatable bonds is 2. The van der Waals surface area contributed by atoms with Crippen molar-refractivity contribution < 1.29 is 14.3 Å². The molecule has 2 atom stereocenters. The Morgan fingerprint density at radius 2 is 2.22 bits per heavy atom. The first kappa shape index (κ1) is 12.8. The van der Waals surface area contributed by atoms with Crippen molar-refractivity contribution in [3.05, 3.63) is 47.3 Å². The smallest absolute Gasteiger partial charge is 0.332 e. The molecule has 0 radical (unpaired) electrons. The van der Waals surface area contributed by atoms with Crippen molar-refractivity contribution in [3.8, 4) is 0 Å². The molecule has 0 spiro atoms. The molecule has 0 fully saturated rings. The van der Waals surface area contributed by atoms with E-state index in [0.29, 0.717) is 11.5 Å². The van der Waals surface area contributed by atoms with Crippen LogP contribution in [0, 0.1) is 11.7 Å². The van der Waals surface area contributed by atoms with Gasteiger partial charge in [-0.2, -0.15) is 0 Å². The third-order valence-electron chi connectivity index (χ3n) is 3.77. The molecule has 0 heterocycles. The van der Waals surface area contributed by atoms with Crippen molar-refractivity contribution in [3.63, 3.8) is 0 Å².